The Morgan fingerprint density at radius 1 is 1.41 bits per heavy atom. The predicted molar refractivity (Wildman–Crippen MR) is 83.3 cm³/mol. The number of phenols is 1. The number of aromatic hydroxyl groups is 1. The van der Waals surface area contributed by atoms with Gasteiger partial charge in [0.05, 0.1) is 0 Å². The zero-order chi connectivity index (χ0) is 16.8. The van der Waals surface area contributed by atoms with Gasteiger partial charge < -0.3 is 20.1 Å². The molecule has 0 aromatic heterocycles. The van der Waals surface area contributed by atoms with Crippen LogP contribution in [0.1, 0.15) is 32.8 Å². The first-order valence-corrected chi connectivity index (χ1v) is 7.31. The molecule has 1 amide bonds. The zero-order valence-electron chi connectivity index (χ0n) is 13.6. The van der Waals surface area contributed by atoms with Crippen molar-refractivity contribution < 1.29 is 19.0 Å². The lowest BCUT2D eigenvalue weighted by Crippen LogP contribution is -2.35. The summed E-state index contributed by atoms with van der Waals surface area (Å²) in [6.07, 6.45) is 0.421. The number of hydrogen-bond donors (Lipinski definition) is 2. The van der Waals surface area contributed by atoms with Gasteiger partial charge in [-0.1, -0.05) is 6.07 Å². The van der Waals surface area contributed by atoms with Gasteiger partial charge in [0.1, 0.15) is 5.60 Å². The fourth-order valence-electron chi connectivity index (χ4n) is 1.77. The fraction of sp³-hybridized carbons (Fsp3) is 0.562. The van der Waals surface area contributed by atoms with Crippen molar-refractivity contribution in [3.8, 4) is 5.75 Å². The highest BCUT2D eigenvalue weighted by Crippen LogP contribution is 2.15. The number of halogens is 1. The summed E-state index contributed by atoms with van der Waals surface area (Å²) in [7, 11) is 1.70. The molecule has 22 heavy (non-hydrogen) atoms. The molecule has 0 saturated heterocycles. The number of rotatable bonds is 6. The summed E-state index contributed by atoms with van der Waals surface area (Å²) in [5.41, 5.74) is 0.266. The third-order valence-electron chi connectivity index (χ3n) is 2.89. The van der Waals surface area contributed by atoms with Gasteiger partial charge >= 0.3 is 6.09 Å². The second kappa shape index (κ2) is 7.98. The van der Waals surface area contributed by atoms with Crippen LogP contribution < -0.4 is 5.32 Å². The van der Waals surface area contributed by atoms with E-state index in [-0.39, 0.29) is 11.8 Å². The first-order chi connectivity index (χ1) is 10.2. The molecule has 0 saturated carbocycles. The van der Waals surface area contributed by atoms with Gasteiger partial charge in [-0.3, -0.25) is 0 Å². The molecule has 0 unspecified atom stereocenters. The maximum absolute atomic E-state index is 13.1. The minimum Gasteiger partial charge on any atom is -0.505 e. The van der Waals surface area contributed by atoms with E-state index in [0.29, 0.717) is 19.6 Å². The topological polar surface area (TPSA) is 61.8 Å². The number of nitrogens with one attached hydrogen (secondary N) is 1. The molecule has 6 heteroatoms. The third kappa shape index (κ3) is 6.76. The Hall–Kier alpha value is -1.82. The SMILES string of the molecule is CN(CCCNCc1ccc(O)c(F)c1)C(=O)OC(C)(C)C. The van der Waals surface area contributed by atoms with Crippen molar-refractivity contribution in [1.82, 2.24) is 10.2 Å². The average molecular weight is 312 g/mol. The van der Waals surface area contributed by atoms with E-state index in [1.807, 2.05) is 20.8 Å². The third-order valence-corrected chi connectivity index (χ3v) is 2.89. The van der Waals surface area contributed by atoms with Gasteiger partial charge in [0, 0.05) is 20.1 Å². The monoisotopic (exact) mass is 312 g/mol. The predicted octanol–water partition coefficient (Wildman–Crippen LogP) is 2.88. The number of ether oxygens (including phenoxy) is 1. The van der Waals surface area contributed by atoms with Crippen molar-refractivity contribution in [1.29, 1.82) is 0 Å². The van der Waals surface area contributed by atoms with E-state index in [9.17, 15) is 9.18 Å². The van der Waals surface area contributed by atoms with Crippen LogP contribution in [0.4, 0.5) is 9.18 Å². The molecule has 0 heterocycles. The number of carbonyl (C=O) groups excluding carboxylic acids is 1. The van der Waals surface area contributed by atoms with Crippen LogP contribution in [0, 0.1) is 5.82 Å². The molecule has 0 aliphatic carbocycles. The first kappa shape index (κ1) is 18.2. The van der Waals surface area contributed by atoms with Gasteiger partial charge in [-0.15, -0.1) is 0 Å². The quantitative estimate of drug-likeness (QED) is 0.793. The smallest absolute Gasteiger partial charge is 0.410 e. The first-order valence-electron chi connectivity index (χ1n) is 7.31. The van der Waals surface area contributed by atoms with E-state index in [1.165, 1.54) is 17.0 Å². The Kier molecular flexibility index (Phi) is 6.61. The number of amides is 1. The molecular weight excluding hydrogens is 287 g/mol. The van der Waals surface area contributed by atoms with Gasteiger partial charge in [-0.05, 0) is 51.4 Å². The second-order valence-electron chi connectivity index (χ2n) is 6.22. The van der Waals surface area contributed by atoms with Crippen molar-refractivity contribution in [2.24, 2.45) is 0 Å². The van der Waals surface area contributed by atoms with Crippen molar-refractivity contribution in [2.75, 3.05) is 20.1 Å². The van der Waals surface area contributed by atoms with Gasteiger partial charge in [0.15, 0.2) is 11.6 Å². The van der Waals surface area contributed by atoms with Crippen molar-refractivity contribution in [3.05, 3.63) is 29.6 Å². The summed E-state index contributed by atoms with van der Waals surface area (Å²) in [6.45, 7) is 7.26. The van der Waals surface area contributed by atoms with Crippen LogP contribution in [-0.4, -0.2) is 41.8 Å². The minimum atomic E-state index is -0.621. The maximum Gasteiger partial charge on any atom is 0.410 e. The van der Waals surface area contributed by atoms with Crippen LogP contribution in [0.15, 0.2) is 18.2 Å². The van der Waals surface area contributed by atoms with E-state index < -0.39 is 11.4 Å². The number of phenolic OH excluding ortho intramolecular Hbond substituents is 1. The van der Waals surface area contributed by atoms with Crippen LogP contribution in [0.3, 0.4) is 0 Å². The van der Waals surface area contributed by atoms with E-state index >= 15 is 0 Å². The van der Waals surface area contributed by atoms with Crippen molar-refractivity contribution in [3.63, 3.8) is 0 Å². The van der Waals surface area contributed by atoms with Gasteiger partial charge in [0.25, 0.3) is 0 Å². The molecule has 0 atom stereocenters. The Bertz CT molecular complexity index is 501. The standard InChI is InChI=1S/C16H25FN2O3/c1-16(2,3)22-15(21)19(4)9-5-8-18-11-12-6-7-14(20)13(17)10-12/h6-7,10,18,20H,5,8-9,11H2,1-4H3. The molecule has 1 aromatic carbocycles. The van der Waals surface area contributed by atoms with Crippen LogP contribution in [-0.2, 0) is 11.3 Å². The Morgan fingerprint density at radius 2 is 2.09 bits per heavy atom. The van der Waals surface area contributed by atoms with Gasteiger partial charge in [0.2, 0.25) is 0 Å². The fourth-order valence-corrected chi connectivity index (χ4v) is 1.77. The Labute approximate surface area is 131 Å². The summed E-state index contributed by atoms with van der Waals surface area (Å²) in [5.74, 6) is -0.966. The molecule has 0 radical (unpaired) electrons. The lowest BCUT2D eigenvalue weighted by Gasteiger charge is -2.24. The van der Waals surface area contributed by atoms with E-state index in [1.54, 1.807) is 13.1 Å². The molecule has 5 nitrogen and oxygen atoms in total. The van der Waals surface area contributed by atoms with Crippen LogP contribution >= 0.6 is 0 Å². The molecular formula is C16H25FN2O3. The molecule has 124 valence electrons. The summed E-state index contributed by atoms with van der Waals surface area (Å²) >= 11 is 0. The van der Waals surface area contributed by atoms with E-state index in [2.05, 4.69) is 5.32 Å². The van der Waals surface area contributed by atoms with Gasteiger partial charge in [-0.2, -0.15) is 0 Å². The molecule has 0 aliphatic heterocycles. The summed E-state index contributed by atoms with van der Waals surface area (Å²) in [4.78, 5) is 13.3. The lowest BCUT2D eigenvalue weighted by atomic mass is 10.2. The van der Waals surface area contributed by atoms with Crippen molar-refractivity contribution >= 4 is 6.09 Å². The molecule has 0 bridgehead atoms. The zero-order valence-corrected chi connectivity index (χ0v) is 13.6. The largest absolute Gasteiger partial charge is 0.505 e. The van der Waals surface area contributed by atoms with Crippen LogP contribution in [0.5, 0.6) is 5.75 Å². The Balaban J connectivity index is 2.22. The highest BCUT2D eigenvalue weighted by atomic mass is 19.1. The minimum absolute atomic E-state index is 0.340. The summed E-state index contributed by atoms with van der Waals surface area (Å²) in [5, 5.41) is 12.3. The normalized spacial score (nSPS) is 11.3. The van der Waals surface area contributed by atoms with Crippen molar-refractivity contribution in [2.45, 2.75) is 39.3 Å². The lowest BCUT2D eigenvalue weighted by molar-refractivity contribution is 0.0297. The number of carbonyl (C=O) groups is 1. The summed E-state index contributed by atoms with van der Waals surface area (Å²) in [6, 6.07) is 4.30. The molecule has 0 fully saturated rings. The molecule has 0 spiro atoms. The number of benzene rings is 1. The second-order valence-corrected chi connectivity index (χ2v) is 6.22. The Morgan fingerprint density at radius 3 is 2.68 bits per heavy atom. The number of hydrogen-bond acceptors (Lipinski definition) is 4. The molecule has 1 rings (SSSR count). The highest BCUT2D eigenvalue weighted by Gasteiger charge is 2.18. The van der Waals surface area contributed by atoms with E-state index in [0.717, 1.165) is 12.0 Å². The highest BCUT2D eigenvalue weighted by molar-refractivity contribution is 5.67. The average Bonchev–Trinajstić information content (AvgIpc) is 2.40. The van der Waals surface area contributed by atoms with Crippen LogP contribution in [0.2, 0.25) is 0 Å². The summed E-state index contributed by atoms with van der Waals surface area (Å²) < 4.78 is 18.4. The number of nitrogens with zero attached hydrogens (tertiary/aromatic N) is 1. The van der Waals surface area contributed by atoms with Crippen LogP contribution in [0.25, 0.3) is 0 Å². The maximum atomic E-state index is 13.1. The van der Waals surface area contributed by atoms with Gasteiger partial charge in [-0.25, -0.2) is 9.18 Å². The molecule has 2 N–H and O–H groups in total. The van der Waals surface area contributed by atoms with E-state index in [4.69, 9.17) is 9.84 Å². The molecule has 0 aliphatic rings. The molecule has 1 aromatic rings.